The Morgan fingerprint density at radius 3 is 2.20 bits per heavy atom. The first kappa shape index (κ1) is 21.1. The van der Waals surface area contributed by atoms with Gasteiger partial charge in [0.05, 0.1) is 16.3 Å². The van der Waals surface area contributed by atoms with Gasteiger partial charge in [-0.3, -0.25) is 25.0 Å². The molecular formula is C20H18N4O5S. The van der Waals surface area contributed by atoms with Crippen LogP contribution >= 0.6 is 0 Å². The molecular weight excluding hydrogens is 414 g/mol. The highest BCUT2D eigenvalue weighted by atomic mass is 32.2. The molecule has 0 spiro atoms. The summed E-state index contributed by atoms with van der Waals surface area (Å²) in [6, 6.07) is 13.2. The van der Waals surface area contributed by atoms with E-state index in [2.05, 4.69) is 21.1 Å². The third-order valence-electron chi connectivity index (χ3n) is 4.20. The maximum Gasteiger partial charge on any atom is 0.294 e. The molecule has 0 heterocycles. The maximum atomic E-state index is 12.6. The third-order valence-corrected chi connectivity index (χ3v) is 5.07. The number of benzene rings is 3. The average molecular weight is 432 g/mol. The summed E-state index contributed by atoms with van der Waals surface area (Å²) in [5, 5.41) is 7.56. The van der Waals surface area contributed by atoms with Crippen molar-refractivity contribution in [3.05, 3.63) is 96.9 Å². The van der Waals surface area contributed by atoms with Crippen molar-refractivity contribution in [1.82, 2.24) is 0 Å². The summed E-state index contributed by atoms with van der Waals surface area (Å²) in [5.74, 6) is 0. The van der Waals surface area contributed by atoms with Crippen LogP contribution in [0, 0.1) is 13.8 Å². The minimum absolute atomic E-state index is 0.0466. The monoisotopic (exact) mass is 432 g/mol. The molecule has 0 saturated carbocycles. The molecule has 3 aromatic rings. The first-order chi connectivity index (χ1) is 14.1. The van der Waals surface area contributed by atoms with Gasteiger partial charge in [0.25, 0.3) is 10.1 Å². The molecule has 10 heteroatoms. The quantitative estimate of drug-likeness (QED) is 0.404. The van der Waals surface area contributed by atoms with Gasteiger partial charge in [-0.15, -0.1) is 0 Å². The molecule has 0 aromatic heterocycles. The zero-order valence-corrected chi connectivity index (χ0v) is 16.9. The largest absolute Gasteiger partial charge is 0.294 e. The second-order valence-electron chi connectivity index (χ2n) is 6.53. The van der Waals surface area contributed by atoms with Gasteiger partial charge in [0.1, 0.15) is 5.36 Å². The fourth-order valence-corrected chi connectivity index (χ4v) is 3.10. The van der Waals surface area contributed by atoms with Crippen LogP contribution in [0.25, 0.3) is 0 Å². The van der Waals surface area contributed by atoms with Gasteiger partial charge >= 0.3 is 0 Å². The summed E-state index contributed by atoms with van der Waals surface area (Å²) < 4.78 is 31.1. The van der Waals surface area contributed by atoms with Gasteiger partial charge in [-0.2, -0.15) is 18.6 Å². The summed E-state index contributed by atoms with van der Waals surface area (Å²) in [6.45, 7) is 3.83. The van der Waals surface area contributed by atoms with E-state index in [4.69, 9.17) is 4.55 Å². The van der Waals surface area contributed by atoms with Gasteiger partial charge in [0, 0.05) is 0 Å². The molecule has 0 aliphatic rings. The Morgan fingerprint density at radius 2 is 1.57 bits per heavy atom. The van der Waals surface area contributed by atoms with Crippen LogP contribution < -0.4 is 32.4 Å². The summed E-state index contributed by atoms with van der Waals surface area (Å²) >= 11 is 0. The molecule has 154 valence electrons. The molecule has 0 fully saturated rings. The number of anilines is 2. The van der Waals surface area contributed by atoms with Crippen molar-refractivity contribution in [2.24, 2.45) is 10.2 Å². The number of nitrogens with zero attached hydrogens (tertiary/aromatic N) is 2. The van der Waals surface area contributed by atoms with Crippen molar-refractivity contribution in [2.45, 2.75) is 18.7 Å². The Balaban J connectivity index is 1.92. The van der Waals surface area contributed by atoms with Crippen LogP contribution in [-0.4, -0.2) is 13.0 Å². The van der Waals surface area contributed by atoms with E-state index >= 15 is 0 Å². The predicted molar refractivity (Wildman–Crippen MR) is 112 cm³/mol. The minimum Gasteiger partial charge on any atom is -0.287 e. The van der Waals surface area contributed by atoms with Crippen LogP contribution in [0.2, 0.25) is 0 Å². The molecule has 0 radical (unpaired) electrons. The number of hydrogen-bond acceptors (Lipinski definition) is 8. The van der Waals surface area contributed by atoms with E-state index in [1.54, 1.807) is 6.07 Å². The molecule has 30 heavy (non-hydrogen) atoms. The molecule has 3 aromatic carbocycles. The maximum absolute atomic E-state index is 12.6. The Morgan fingerprint density at radius 1 is 0.867 bits per heavy atom. The molecule has 0 saturated heterocycles. The fraction of sp³-hybridized carbons (Fsp3) is 0.100. The lowest BCUT2D eigenvalue weighted by molar-refractivity contribution is 0.483. The fourth-order valence-electron chi connectivity index (χ4n) is 2.62. The zero-order chi connectivity index (χ0) is 21.9. The van der Waals surface area contributed by atoms with E-state index in [-0.39, 0.29) is 15.6 Å². The predicted octanol–water partition coefficient (Wildman–Crippen LogP) is 1.00. The number of nitrogens with one attached hydrogen (secondary N) is 2. The number of hydrogen-bond donors (Lipinski definition) is 3. The SMILES string of the molecule is Cc1ccc(NN=c2c(=O)ccc(=NN[13c]3[13cH][13cH][13c](S(=O)(=O)O)[13cH][13cH]3)c2=O)c(C)c1. The van der Waals surface area contributed by atoms with E-state index in [0.29, 0.717) is 11.4 Å². The van der Waals surface area contributed by atoms with Gasteiger partial charge in [-0.1, -0.05) is 17.7 Å². The lowest BCUT2D eigenvalue weighted by Gasteiger charge is -2.05. The second kappa shape index (κ2) is 8.39. The van der Waals surface area contributed by atoms with Crippen molar-refractivity contribution >= 4 is 21.5 Å². The molecule has 3 rings (SSSR count). The van der Waals surface area contributed by atoms with Gasteiger partial charge in [-0.25, -0.2) is 0 Å². The summed E-state index contributed by atoms with van der Waals surface area (Å²) in [7, 11) is -4.30. The van der Waals surface area contributed by atoms with Crippen molar-refractivity contribution in [3.8, 4) is 0 Å². The summed E-state index contributed by atoms with van der Waals surface area (Å²) in [4.78, 5) is 24.4. The van der Waals surface area contributed by atoms with Crippen LogP contribution in [0.3, 0.4) is 0 Å². The molecule has 0 unspecified atom stereocenters. The first-order valence-electron chi connectivity index (χ1n) is 8.74. The van der Waals surface area contributed by atoms with Crippen LogP contribution in [0.1, 0.15) is 11.1 Å². The van der Waals surface area contributed by atoms with Crippen LogP contribution in [0.4, 0.5) is 11.4 Å². The highest BCUT2D eigenvalue weighted by Crippen LogP contribution is 2.15. The van der Waals surface area contributed by atoms with E-state index < -0.39 is 21.0 Å². The lowest BCUT2D eigenvalue weighted by Crippen LogP contribution is -2.48. The standard InChI is InChI=1S/C20H18N4O5S/c1-12-3-8-16(13(2)11-12)22-24-19-18(25)10-9-17(20(19)26)23-21-14-4-6-15(7-5-14)30(27,28)29/h3-11,21-22H,1-2H3,(H,27,28,29)/i4+1,5+1,6+1,7+1,14+1,15+1. The molecule has 0 bridgehead atoms. The molecule has 0 amide bonds. The van der Waals surface area contributed by atoms with E-state index in [1.807, 2.05) is 26.0 Å². The highest BCUT2D eigenvalue weighted by molar-refractivity contribution is 7.85. The van der Waals surface area contributed by atoms with Gasteiger partial charge in [-0.05, 0) is 61.9 Å². The Kier molecular flexibility index (Phi) is 5.90. The van der Waals surface area contributed by atoms with Crippen molar-refractivity contribution in [3.63, 3.8) is 0 Å². The van der Waals surface area contributed by atoms with E-state index in [0.717, 1.165) is 11.1 Å². The average Bonchev–Trinajstić information content (AvgIpc) is 2.68. The molecule has 0 aliphatic heterocycles. The molecule has 3 N–H and O–H groups in total. The Bertz CT molecular complexity index is 1420. The van der Waals surface area contributed by atoms with Crippen LogP contribution in [0.15, 0.2) is 79.3 Å². The molecule has 0 aliphatic carbocycles. The van der Waals surface area contributed by atoms with Crippen molar-refractivity contribution in [2.75, 3.05) is 10.9 Å². The van der Waals surface area contributed by atoms with E-state index in [9.17, 15) is 18.0 Å². The van der Waals surface area contributed by atoms with Gasteiger partial charge in [0.15, 0.2) is 5.36 Å². The summed E-state index contributed by atoms with van der Waals surface area (Å²) in [6.07, 6.45) is 0. The highest BCUT2D eigenvalue weighted by Gasteiger charge is 2.08. The zero-order valence-electron chi connectivity index (χ0n) is 16.1. The topological polar surface area (TPSA) is 137 Å². The number of aryl methyl sites for hydroxylation is 2. The van der Waals surface area contributed by atoms with Crippen molar-refractivity contribution in [1.29, 1.82) is 0 Å². The van der Waals surface area contributed by atoms with E-state index in [1.165, 1.54) is 36.4 Å². The van der Waals surface area contributed by atoms with Gasteiger partial charge in [0.2, 0.25) is 10.9 Å². The molecule has 9 nitrogen and oxygen atoms in total. The van der Waals surface area contributed by atoms with Gasteiger partial charge < -0.3 is 0 Å². The van der Waals surface area contributed by atoms with Crippen LogP contribution in [0.5, 0.6) is 0 Å². The van der Waals surface area contributed by atoms with Crippen LogP contribution in [-0.2, 0) is 10.1 Å². The lowest BCUT2D eigenvalue weighted by atomic mass is 10.1. The van der Waals surface area contributed by atoms with Crippen molar-refractivity contribution < 1.29 is 13.0 Å². The minimum atomic E-state index is -4.30. The molecule has 0 atom stereocenters. The number of rotatable bonds is 5. The Hall–Kier alpha value is -3.63. The first-order valence-corrected chi connectivity index (χ1v) is 10.2. The Labute approximate surface area is 171 Å². The summed E-state index contributed by atoms with van der Waals surface area (Å²) in [5.41, 5.74) is 7.15. The smallest absolute Gasteiger partial charge is 0.287 e. The third kappa shape index (κ3) is 4.85. The second-order valence-corrected chi connectivity index (χ2v) is 7.95. The normalized spacial score (nSPS) is 12.8.